The van der Waals surface area contributed by atoms with Crippen molar-refractivity contribution < 1.29 is 70.5 Å². The Hall–Kier alpha value is -4.04. The molecule has 45 heavy (non-hydrogen) atoms. The number of piperidine rings is 1. The molecule has 1 aliphatic carbocycles. The van der Waals surface area contributed by atoms with Gasteiger partial charge in [-0.15, -0.1) is 0 Å². The van der Waals surface area contributed by atoms with E-state index in [1.54, 1.807) is 4.90 Å². The van der Waals surface area contributed by atoms with Gasteiger partial charge < -0.3 is 41.8 Å². The molecule has 21 heteroatoms. The number of hydrogen-bond donors (Lipinski definition) is 7. The average molecular weight is 669 g/mol. The van der Waals surface area contributed by atoms with Gasteiger partial charge in [0.2, 0.25) is 17.8 Å². The van der Waals surface area contributed by atoms with E-state index < -0.39 is 42.3 Å². The zero-order chi connectivity index (χ0) is 34.8. The molecule has 2 aliphatic rings. The number of carbonyl (C=O) groups excluding carboxylic acids is 2. The number of carboxylic acid groups (broad SMARTS) is 3. The largest absolute Gasteiger partial charge is 0.490 e. The van der Waals surface area contributed by atoms with Crippen LogP contribution in [-0.4, -0.2) is 107 Å². The van der Waals surface area contributed by atoms with E-state index in [0.29, 0.717) is 25.3 Å². The summed E-state index contributed by atoms with van der Waals surface area (Å²) in [6.45, 7) is 0.513. The van der Waals surface area contributed by atoms with Crippen molar-refractivity contribution in [1.82, 2.24) is 15.5 Å². The number of guanidine groups is 1. The molecule has 2 atom stereocenters. The number of aliphatic carboxylic acids is 3. The van der Waals surface area contributed by atoms with Gasteiger partial charge in [0.15, 0.2) is 0 Å². The monoisotopic (exact) mass is 668 g/mol. The van der Waals surface area contributed by atoms with Crippen LogP contribution in [-0.2, 0) is 28.8 Å². The zero-order valence-corrected chi connectivity index (χ0v) is 24.0. The first-order valence-electron chi connectivity index (χ1n) is 13.6. The Morgan fingerprint density at radius 2 is 1.38 bits per heavy atom. The van der Waals surface area contributed by atoms with E-state index in [4.69, 9.17) is 41.2 Å². The minimum atomic E-state index is -5.08. The van der Waals surface area contributed by atoms with Crippen molar-refractivity contribution in [3.8, 4) is 0 Å². The second-order valence-corrected chi connectivity index (χ2v) is 9.86. The van der Waals surface area contributed by atoms with E-state index in [-0.39, 0.29) is 37.5 Å². The van der Waals surface area contributed by atoms with Crippen LogP contribution in [0, 0.1) is 5.92 Å². The smallest absolute Gasteiger partial charge is 0.480 e. The SMILES string of the molecule is NC(N)=NOCCNC(=O)[C@@H]1CCCCN1C(=O)[C@@H](CC1CCCCC1)NCC(=O)O.O=C(O)C(F)(F)F.O=C(O)C(F)(F)F. The van der Waals surface area contributed by atoms with E-state index in [1.807, 2.05) is 0 Å². The highest BCUT2D eigenvalue weighted by Crippen LogP contribution is 2.28. The molecule has 15 nitrogen and oxygen atoms in total. The lowest BCUT2D eigenvalue weighted by Crippen LogP contribution is -2.57. The molecule has 0 aromatic carbocycles. The van der Waals surface area contributed by atoms with E-state index >= 15 is 0 Å². The predicted octanol–water partition coefficient (Wildman–Crippen LogP) is 0.969. The van der Waals surface area contributed by atoms with Gasteiger partial charge in [0, 0.05) is 6.54 Å². The number of alkyl halides is 6. The average Bonchev–Trinajstić information content (AvgIpc) is 2.94. The number of rotatable bonds is 11. The lowest BCUT2D eigenvalue weighted by molar-refractivity contribution is -0.193. The van der Waals surface area contributed by atoms with Crippen molar-refractivity contribution in [2.24, 2.45) is 22.5 Å². The third-order valence-corrected chi connectivity index (χ3v) is 6.33. The van der Waals surface area contributed by atoms with Crippen LogP contribution in [0.15, 0.2) is 5.16 Å². The summed E-state index contributed by atoms with van der Waals surface area (Å²) in [5.74, 6) is -6.77. The number of carbonyl (C=O) groups is 5. The minimum absolute atomic E-state index is 0.106. The first kappa shape index (κ1) is 41.0. The summed E-state index contributed by atoms with van der Waals surface area (Å²) in [7, 11) is 0. The molecule has 2 amide bonds. The summed E-state index contributed by atoms with van der Waals surface area (Å²) in [5.41, 5.74) is 10.3. The Kier molecular flexibility index (Phi) is 18.3. The molecule has 0 unspecified atom stereocenters. The van der Waals surface area contributed by atoms with Crippen LogP contribution in [0.4, 0.5) is 26.3 Å². The molecule has 260 valence electrons. The minimum Gasteiger partial charge on any atom is -0.480 e. The van der Waals surface area contributed by atoms with Gasteiger partial charge in [-0.05, 0) is 36.8 Å². The zero-order valence-electron chi connectivity index (χ0n) is 24.0. The van der Waals surface area contributed by atoms with Gasteiger partial charge in [-0.25, -0.2) is 9.59 Å². The Morgan fingerprint density at radius 3 is 1.84 bits per heavy atom. The number of nitrogens with one attached hydrogen (secondary N) is 2. The molecule has 0 aromatic heterocycles. The van der Waals surface area contributed by atoms with Crippen LogP contribution >= 0.6 is 0 Å². The molecule has 9 N–H and O–H groups in total. The maximum Gasteiger partial charge on any atom is 0.490 e. The molecule has 1 aliphatic heterocycles. The number of halogens is 6. The van der Waals surface area contributed by atoms with Crippen LogP contribution in [0.5, 0.6) is 0 Å². The van der Waals surface area contributed by atoms with Crippen molar-refractivity contribution in [1.29, 1.82) is 0 Å². The van der Waals surface area contributed by atoms with Gasteiger partial charge in [0.1, 0.15) is 12.6 Å². The summed E-state index contributed by atoms with van der Waals surface area (Å²) in [6.07, 6.45) is -1.73. The van der Waals surface area contributed by atoms with E-state index in [2.05, 4.69) is 15.8 Å². The quantitative estimate of drug-likeness (QED) is 0.0535. The number of carboxylic acids is 3. The normalized spacial score (nSPS) is 17.6. The second-order valence-electron chi connectivity index (χ2n) is 9.86. The summed E-state index contributed by atoms with van der Waals surface area (Å²) in [6, 6.07) is -1.18. The topological polar surface area (TPSA) is 247 Å². The molecular formula is C24H38F6N6O9. The van der Waals surface area contributed by atoms with Gasteiger partial charge in [-0.3, -0.25) is 19.7 Å². The fourth-order valence-electron chi connectivity index (χ4n) is 4.36. The molecule has 0 radical (unpaired) electrons. The number of hydrogen-bond acceptors (Lipinski definition) is 8. The maximum absolute atomic E-state index is 13.4. The first-order valence-corrected chi connectivity index (χ1v) is 13.6. The maximum atomic E-state index is 13.4. The van der Waals surface area contributed by atoms with Crippen molar-refractivity contribution in [3.63, 3.8) is 0 Å². The Bertz CT molecular complexity index is 979. The highest BCUT2D eigenvalue weighted by Gasteiger charge is 2.39. The van der Waals surface area contributed by atoms with Crippen LogP contribution in [0.3, 0.4) is 0 Å². The Labute approximate surface area is 253 Å². The highest BCUT2D eigenvalue weighted by atomic mass is 19.4. The molecular weight excluding hydrogens is 630 g/mol. The van der Waals surface area contributed by atoms with Gasteiger partial charge in [0.05, 0.1) is 19.1 Å². The molecule has 1 saturated carbocycles. The molecule has 0 bridgehead atoms. The first-order chi connectivity index (χ1) is 20.8. The predicted molar refractivity (Wildman–Crippen MR) is 142 cm³/mol. The number of oxime groups is 1. The van der Waals surface area contributed by atoms with Gasteiger partial charge in [0.25, 0.3) is 0 Å². The van der Waals surface area contributed by atoms with Crippen LogP contribution in [0.2, 0.25) is 0 Å². The van der Waals surface area contributed by atoms with Gasteiger partial charge in [-0.2, -0.15) is 26.3 Å². The van der Waals surface area contributed by atoms with Crippen LogP contribution in [0.25, 0.3) is 0 Å². The van der Waals surface area contributed by atoms with Crippen molar-refractivity contribution in [2.75, 3.05) is 26.2 Å². The van der Waals surface area contributed by atoms with E-state index in [9.17, 15) is 40.7 Å². The third kappa shape index (κ3) is 18.4. The third-order valence-electron chi connectivity index (χ3n) is 6.33. The summed E-state index contributed by atoms with van der Waals surface area (Å²) >= 11 is 0. The lowest BCUT2D eigenvalue weighted by Gasteiger charge is -2.38. The summed E-state index contributed by atoms with van der Waals surface area (Å²) in [5, 5.41) is 32.4. The number of amides is 2. The molecule has 0 spiro atoms. The summed E-state index contributed by atoms with van der Waals surface area (Å²) in [4.78, 5) is 61.5. The highest BCUT2D eigenvalue weighted by molar-refractivity contribution is 5.90. The van der Waals surface area contributed by atoms with Crippen molar-refractivity contribution >= 4 is 35.7 Å². The lowest BCUT2D eigenvalue weighted by atomic mass is 9.84. The van der Waals surface area contributed by atoms with E-state index in [0.717, 1.165) is 38.5 Å². The fraction of sp³-hybridized carbons (Fsp3) is 0.750. The molecule has 2 fully saturated rings. The van der Waals surface area contributed by atoms with E-state index in [1.165, 1.54) is 6.42 Å². The fourth-order valence-corrected chi connectivity index (χ4v) is 4.36. The standard InChI is InChI=1S/C20H36N6O5.2C2HF3O2/c21-20(22)25-31-11-9-23-18(29)16-8-4-5-10-26(16)19(30)15(24-13-17(27)28)12-14-6-2-1-3-7-14;2*3-2(4,5)1(6)7/h14-16,24H,1-13H2,(H,23,29)(H,27,28)(H4,21,22,25);2*(H,6,7)/t15-,16+;;/m1../s1. The number of likely N-dealkylation sites (tertiary alicyclic amines) is 1. The second kappa shape index (κ2) is 20.1. The van der Waals surface area contributed by atoms with Crippen LogP contribution < -0.4 is 22.1 Å². The number of nitrogens with two attached hydrogens (primary N) is 2. The Balaban J connectivity index is 0.00000114. The van der Waals surface area contributed by atoms with Crippen molar-refractivity contribution in [3.05, 3.63) is 0 Å². The molecule has 1 heterocycles. The summed E-state index contributed by atoms with van der Waals surface area (Å²) < 4.78 is 63.5. The molecule has 1 saturated heterocycles. The molecule has 2 rings (SSSR count). The Morgan fingerprint density at radius 1 is 0.867 bits per heavy atom. The number of nitrogens with zero attached hydrogens (tertiary/aromatic N) is 2. The van der Waals surface area contributed by atoms with Crippen LogP contribution in [0.1, 0.15) is 57.8 Å². The van der Waals surface area contributed by atoms with Gasteiger partial charge in [-0.1, -0.05) is 32.1 Å². The van der Waals surface area contributed by atoms with Crippen molar-refractivity contribution in [2.45, 2.75) is 82.2 Å². The molecule has 0 aromatic rings. The van der Waals surface area contributed by atoms with Gasteiger partial charge >= 0.3 is 30.3 Å².